The van der Waals surface area contributed by atoms with Gasteiger partial charge in [-0.05, 0) is 19.9 Å². The predicted octanol–water partition coefficient (Wildman–Crippen LogP) is 2.85. The molecule has 1 saturated heterocycles. The Balaban J connectivity index is 1.81. The van der Waals surface area contributed by atoms with Gasteiger partial charge in [-0.3, -0.25) is 19.7 Å². The van der Waals surface area contributed by atoms with Crippen molar-refractivity contribution in [3.63, 3.8) is 0 Å². The number of imide groups is 1. The summed E-state index contributed by atoms with van der Waals surface area (Å²) >= 11 is 0. The van der Waals surface area contributed by atoms with Gasteiger partial charge in [-0.2, -0.15) is 0 Å². The number of fused-ring (bicyclic) bond motifs is 5. The van der Waals surface area contributed by atoms with Crippen molar-refractivity contribution in [1.29, 1.82) is 0 Å². The number of allylic oxidation sites excluding steroid dienone is 4. The maximum absolute atomic E-state index is 13.0. The summed E-state index contributed by atoms with van der Waals surface area (Å²) in [7, 11) is 0. The van der Waals surface area contributed by atoms with Gasteiger partial charge in [-0.1, -0.05) is 35.4 Å². The third-order valence-corrected chi connectivity index (χ3v) is 5.31. The molecule has 1 aromatic rings. The topological polar surface area (TPSA) is 80.5 Å². The summed E-state index contributed by atoms with van der Waals surface area (Å²) in [5.74, 6) is -1.64. The Labute approximate surface area is 138 Å². The van der Waals surface area contributed by atoms with Gasteiger partial charge in [0.1, 0.15) is 5.69 Å². The molecule has 0 radical (unpaired) electrons. The second-order valence-electron chi connectivity index (χ2n) is 6.70. The molecule has 2 fully saturated rings. The van der Waals surface area contributed by atoms with Crippen LogP contribution in [-0.2, 0) is 9.59 Å². The minimum absolute atomic E-state index is 0.0609. The quantitative estimate of drug-likeness (QED) is 0.362. The highest BCUT2D eigenvalue weighted by atomic mass is 16.6. The van der Waals surface area contributed by atoms with Crippen LogP contribution >= 0.6 is 0 Å². The maximum atomic E-state index is 13.0. The van der Waals surface area contributed by atoms with Crippen LogP contribution in [0.1, 0.15) is 13.8 Å². The fraction of sp³-hybridized carbons (Fsp3) is 0.333. The molecule has 2 amide bonds. The van der Waals surface area contributed by atoms with E-state index in [9.17, 15) is 19.7 Å². The summed E-state index contributed by atoms with van der Waals surface area (Å²) in [6.45, 7) is 4.00. The molecule has 0 aromatic heterocycles. The van der Waals surface area contributed by atoms with Crippen LogP contribution in [-0.4, -0.2) is 16.7 Å². The van der Waals surface area contributed by atoms with Crippen molar-refractivity contribution < 1.29 is 14.5 Å². The maximum Gasteiger partial charge on any atom is 0.293 e. The molecule has 0 unspecified atom stereocenters. The molecular formula is C18H16N2O4. The van der Waals surface area contributed by atoms with Crippen molar-refractivity contribution in [2.24, 2.45) is 23.7 Å². The smallest absolute Gasteiger partial charge is 0.274 e. The summed E-state index contributed by atoms with van der Waals surface area (Å²) in [4.78, 5) is 37.6. The molecule has 4 atom stereocenters. The Morgan fingerprint density at radius 2 is 1.58 bits per heavy atom. The number of nitro groups is 1. The Morgan fingerprint density at radius 3 is 2.08 bits per heavy atom. The molecule has 1 aromatic carbocycles. The lowest BCUT2D eigenvalue weighted by molar-refractivity contribution is -0.384. The van der Waals surface area contributed by atoms with E-state index in [1.54, 1.807) is 6.07 Å². The Morgan fingerprint density at radius 1 is 1.04 bits per heavy atom. The molecular weight excluding hydrogens is 308 g/mol. The third kappa shape index (κ3) is 1.71. The van der Waals surface area contributed by atoms with Gasteiger partial charge in [0.05, 0.1) is 16.8 Å². The van der Waals surface area contributed by atoms with Gasteiger partial charge in [-0.25, -0.2) is 4.90 Å². The number of benzene rings is 1. The minimum atomic E-state index is -0.557. The predicted molar refractivity (Wildman–Crippen MR) is 87.1 cm³/mol. The second kappa shape index (κ2) is 4.87. The van der Waals surface area contributed by atoms with E-state index in [1.165, 1.54) is 18.2 Å². The minimum Gasteiger partial charge on any atom is -0.274 e. The largest absolute Gasteiger partial charge is 0.293 e. The lowest BCUT2D eigenvalue weighted by atomic mass is 9.85. The molecule has 122 valence electrons. The van der Waals surface area contributed by atoms with E-state index in [0.717, 1.165) is 16.0 Å². The summed E-state index contributed by atoms with van der Waals surface area (Å²) in [5.41, 5.74) is 2.16. The number of carbonyl (C=O) groups is 2. The summed E-state index contributed by atoms with van der Waals surface area (Å²) in [5, 5.41) is 11.3. The Hall–Kier alpha value is -2.76. The average Bonchev–Trinajstić information content (AvgIpc) is 3.17. The van der Waals surface area contributed by atoms with E-state index in [2.05, 4.69) is 0 Å². The summed E-state index contributed by atoms with van der Waals surface area (Å²) in [6, 6.07) is 5.91. The monoisotopic (exact) mass is 324 g/mol. The van der Waals surface area contributed by atoms with Gasteiger partial charge in [0.2, 0.25) is 11.8 Å². The van der Waals surface area contributed by atoms with Crippen molar-refractivity contribution in [2.75, 3.05) is 4.90 Å². The highest BCUT2D eigenvalue weighted by Gasteiger charge is 2.62. The average molecular weight is 324 g/mol. The molecule has 1 saturated carbocycles. The number of nitro benzene ring substituents is 1. The first kappa shape index (κ1) is 14.8. The Bertz CT molecular complexity index is 816. The highest BCUT2D eigenvalue weighted by molar-refractivity contribution is 6.24. The van der Waals surface area contributed by atoms with E-state index in [1.807, 2.05) is 26.0 Å². The molecule has 1 heterocycles. The van der Waals surface area contributed by atoms with Gasteiger partial charge in [0.15, 0.2) is 0 Å². The van der Waals surface area contributed by atoms with Gasteiger partial charge in [0, 0.05) is 17.9 Å². The van der Waals surface area contributed by atoms with E-state index < -0.39 is 16.8 Å². The van der Waals surface area contributed by atoms with Gasteiger partial charge in [-0.15, -0.1) is 0 Å². The van der Waals surface area contributed by atoms with Gasteiger partial charge in [0.25, 0.3) is 5.69 Å². The normalized spacial score (nSPS) is 30.2. The zero-order valence-electron chi connectivity index (χ0n) is 13.3. The molecule has 2 aliphatic carbocycles. The van der Waals surface area contributed by atoms with Crippen LogP contribution in [0.4, 0.5) is 11.4 Å². The standard InChI is InChI=1S/C18H16N2O4/c1-9(2)14-10-7-8-11(14)16-15(10)17(21)19(18(16)22)12-5-3-4-6-13(12)20(23)24/h3-8,10-11,15-16H,1-2H3/t10-,11+,15-,16-/m1/s1. The van der Waals surface area contributed by atoms with E-state index in [0.29, 0.717) is 0 Å². The van der Waals surface area contributed by atoms with Crippen molar-refractivity contribution >= 4 is 23.2 Å². The van der Waals surface area contributed by atoms with Gasteiger partial charge >= 0.3 is 0 Å². The van der Waals surface area contributed by atoms with E-state index in [4.69, 9.17) is 0 Å². The number of carbonyl (C=O) groups excluding carboxylic acids is 2. The fourth-order valence-electron chi connectivity index (χ4n) is 4.47. The summed E-state index contributed by atoms with van der Waals surface area (Å²) in [6.07, 6.45) is 4.00. The molecule has 6 nitrogen and oxygen atoms in total. The van der Waals surface area contributed by atoms with Crippen LogP contribution in [0.2, 0.25) is 0 Å². The number of nitrogens with zero attached hydrogens (tertiary/aromatic N) is 2. The zero-order chi connectivity index (χ0) is 17.2. The van der Waals surface area contributed by atoms with Crippen molar-refractivity contribution in [3.05, 3.63) is 57.7 Å². The fourth-order valence-corrected chi connectivity index (χ4v) is 4.47. The summed E-state index contributed by atoms with van der Waals surface area (Å²) < 4.78 is 0. The van der Waals surface area contributed by atoms with Crippen LogP contribution in [0, 0.1) is 33.8 Å². The van der Waals surface area contributed by atoms with Crippen molar-refractivity contribution in [2.45, 2.75) is 13.8 Å². The van der Waals surface area contributed by atoms with Crippen molar-refractivity contribution in [1.82, 2.24) is 0 Å². The van der Waals surface area contributed by atoms with Crippen molar-refractivity contribution in [3.8, 4) is 0 Å². The molecule has 4 rings (SSSR count). The van der Waals surface area contributed by atoms with Crippen LogP contribution < -0.4 is 4.90 Å². The highest BCUT2D eigenvalue weighted by Crippen LogP contribution is 2.57. The number of hydrogen-bond donors (Lipinski definition) is 0. The van der Waals surface area contributed by atoms with Crippen LogP contribution in [0.3, 0.4) is 0 Å². The van der Waals surface area contributed by atoms with Crippen LogP contribution in [0.15, 0.2) is 47.6 Å². The number of amides is 2. The third-order valence-electron chi connectivity index (χ3n) is 5.31. The molecule has 1 aliphatic heterocycles. The van der Waals surface area contributed by atoms with Crippen LogP contribution in [0.5, 0.6) is 0 Å². The second-order valence-corrected chi connectivity index (χ2v) is 6.70. The Kier molecular flexibility index (Phi) is 3.00. The first-order valence-electron chi connectivity index (χ1n) is 7.90. The van der Waals surface area contributed by atoms with Crippen LogP contribution in [0.25, 0.3) is 0 Å². The zero-order valence-corrected chi connectivity index (χ0v) is 13.3. The molecule has 2 bridgehead atoms. The van der Waals surface area contributed by atoms with E-state index in [-0.39, 0.29) is 35.0 Å². The lowest BCUT2D eigenvalue weighted by Gasteiger charge is -2.19. The first-order valence-corrected chi connectivity index (χ1v) is 7.90. The molecule has 3 aliphatic rings. The molecule has 24 heavy (non-hydrogen) atoms. The molecule has 0 N–H and O–H groups in total. The SMILES string of the molecule is CC(C)=C1[C@H]2C=C[C@@H]1[C@H]1C(=O)N(c3ccccc3[N+](=O)[O-])C(=O)[C@@H]12. The molecule has 6 heteroatoms. The van der Waals surface area contributed by atoms with Gasteiger partial charge < -0.3 is 0 Å². The number of hydrogen-bond acceptors (Lipinski definition) is 4. The number of anilines is 1. The number of para-hydroxylation sites is 2. The first-order chi connectivity index (χ1) is 11.4. The number of rotatable bonds is 2. The molecule has 0 spiro atoms. The van der Waals surface area contributed by atoms with E-state index >= 15 is 0 Å². The lowest BCUT2D eigenvalue weighted by Crippen LogP contribution is -2.33.